The number of aliphatic carboxylic acids is 1. The number of ether oxygens (including phenoxy) is 1. The molecule has 0 aliphatic rings. The van der Waals surface area contributed by atoms with E-state index in [4.69, 9.17) is 9.84 Å². The van der Waals surface area contributed by atoms with Gasteiger partial charge in [0.1, 0.15) is 6.54 Å². The van der Waals surface area contributed by atoms with E-state index in [1.165, 1.54) is 32.1 Å². The predicted octanol–water partition coefficient (Wildman–Crippen LogP) is 3.86. The fourth-order valence-electron chi connectivity index (χ4n) is 2.85. The smallest absolute Gasteiger partial charge is 0.307 e. The molecule has 0 amide bonds. The number of hydrogen-bond acceptors (Lipinski definition) is 3. The lowest BCUT2D eigenvalue weighted by molar-refractivity contribution is -0.873. The SMILES string of the molecule is CCCCCCC(C)CCCC(=O)OC(CC(=O)O)C[N+](C)(C)C. The van der Waals surface area contributed by atoms with E-state index < -0.39 is 12.1 Å². The topological polar surface area (TPSA) is 63.6 Å². The highest BCUT2D eigenvalue weighted by Gasteiger charge is 2.24. The fourth-order valence-corrected chi connectivity index (χ4v) is 2.85. The van der Waals surface area contributed by atoms with Gasteiger partial charge in [0.2, 0.25) is 0 Å². The highest BCUT2D eigenvalue weighted by atomic mass is 16.5. The number of esters is 1. The summed E-state index contributed by atoms with van der Waals surface area (Å²) in [5.41, 5.74) is 0. The molecule has 0 aromatic carbocycles. The first kappa shape index (κ1) is 22.9. The monoisotopic (exact) mass is 344 g/mol. The Hall–Kier alpha value is -1.10. The second-order valence-electron chi connectivity index (χ2n) is 8.03. The van der Waals surface area contributed by atoms with E-state index in [2.05, 4.69) is 13.8 Å². The van der Waals surface area contributed by atoms with E-state index >= 15 is 0 Å². The summed E-state index contributed by atoms with van der Waals surface area (Å²) < 4.78 is 5.97. The molecule has 0 radical (unpaired) electrons. The predicted molar refractivity (Wildman–Crippen MR) is 96.8 cm³/mol. The van der Waals surface area contributed by atoms with Gasteiger partial charge in [-0.3, -0.25) is 9.59 Å². The van der Waals surface area contributed by atoms with E-state index in [1.807, 2.05) is 21.1 Å². The van der Waals surface area contributed by atoms with Crippen molar-refractivity contribution in [3.63, 3.8) is 0 Å². The second kappa shape index (κ2) is 12.3. The van der Waals surface area contributed by atoms with E-state index in [0.29, 0.717) is 23.4 Å². The van der Waals surface area contributed by atoms with Gasteiger partial charge in [-0.05, 0) is 12.3 Å². The highest BCUT2D eigenvalue weighted by molar-refractivity contribution is 5.71. The van der Waals surface area contributed by atoms with Gasteiger partial charge in [-0.2, -0.15) is 0 Å². The number of likely N-dealkylation sites (N-methyl/N-ethyl adjacent to an activating group) is 1. The molecule has 24 heavy (non-hydrogen) atoms. The summed E-state index contributed by atoms with van der Waals surface area (Å²) in [7, 11) is 5.88. The summed E-state index contributed by atoms with van der Waals surface area (Å²) >= 11 is 0. The first-order valence-corrected chi connectivity index (χ1v) is 9.35. The van der Waals surface area contributed by atoms with Crippen LogP contribution in [0.5, 0.6) is 0 Å². The third kappa shape index (κ3) is 14.5. The molecule has 5 nitrogen and oxygen atoms in total. The Labute approximate surface area is 148 Å². The summed E-state index contributed by atoms with van der Waals surface area (Å²) in [4.78, 5) is 22.9. The zero-order valence-electron chi connectivity index (χ0n) is 16.3. The summed E-state index contributed by atoms with van der Waals surface area (Å²) in [6, 6.07) is 0. The van der Waals surface area contributed by atoms with Crippen LogP contribution in [0.3, 0.4) is 0 Å². The Kier molecular flexibility index (Phi) is 11.7. The average molecular weight is 345 g/mol. The van der Waals surface area contributed by atoms with Crippen molar-refractivity contribution in [1.82, 2.24) is 0 Å². The molecule has 142 valence electrons. The second-order valence-corrected chi connectivity index (χ2v) is 8.03. The van der Waals surface area contributed by atoms with Crippen LogP contribution in [0, 0.1) is 5.92 Å². The van der Waals surface area contributed by atoms with Gasteiger partial charge in [-0.1, -0.05) is 52.4 Å². The maximum absolute atomic E-state index is 12.0. The van der Waals surface area contributed by atoms with Crippen LogP contribution in [0.15, 0.2) is 0 Å². The van der Waals surface area contributed by atoms with Crippen molar-refractivity contribution in [1.29, 1.82) is 0 Å². The highest BCUT2D eigenvalue weighted by Crippen LogP contribution is 2.17. The molecule has 0 aliphatic carbocycles. The summed E-state index contributed by atoms with van der Waals surface area (Å²) in [5, 5.41) is 8.96. The van der Waals surface area contributed by atoms with Crippen LogP contribution < -0.4 is 0 Å². The minimum Gasteiger partial charge on any atom is -0.481 e. The standard InChI is InChI=1S/C19H37NO4/c1-6-7-8-9-11-16(2)12-10-13-19(23)24-17(14-18(21)22)15-20(3,4)5/h16-17H,6-15H2,1-5H3/p+1. The molecule has 0 fully saturated rings. The van der Waals surface area contributed by atoms with Gasteiger partial charge in [0.25, 0.3) is 0 Å². The zero-order valence-corrected chi connectivity index (χ0v) is 16.3. The van der Waals surface area contributed by atoms with Crippen molar-refractivity contribution in [3.8, 4) is 0 Å². The maximum Gasteiger partial charge on any atom is 0.307 e. The normalized spacial score (nSPS) is 14.2. The molecule has 2 atom stereocenters. The Bertz CT molecular complexity index is 363. The van der Waals surface area contributed by atoms with Gasteiger partial charge in [-0.15, -0.1) is 0 Å². The molecule has 5 heteroatoms. The molecule has 0 rings (SSSR count). The van der Waals surface area contributed by atoms with E-state index in [1.54, 1.807) is 0 Å². The maximum atomic E-state index is 12.0. The molecule has 0 heterocycles. The largest absolute Gasteiger partial charge is 0.481 e. The molecule has 0 aliphatic heterocycles. The third-order valence-corrected chi connectivity index (χ3v) is 4.08. The van der Waals surface area contributed by atoms with Crippen LogP contribution in [0.25, 0.3) is 0 Å². The Morgan fingerprint density at radius 3 is 2.21 bits per heavy atom. The van der Waals surface area contributed by atoms with Crippen molar-refractivity contribution < 1.29 is 23.9 Å². The molecule has 0 saturated carbocycles. The van der Waals surface area contributed by atoms with Crippen molar-refractivity contribution in [2.75, 3.05) is 27.7 Å². The summed E-state index contributed by atoms with van der Waals surface area (Å²) in [6.07, 6.45) is 7.88. The van der Waals surface area contributed by atoms with Gasteiger partial charge in [-0.25, -0.2) is 0 Å². The number of carboxylic acid groups (broad SMARTS) is 1. The van der Waals surface area contributed by atoms with Gasteiger partial charge < -0.3 is 14.3 Å². The Balaban J connectivity index is 4.04. The van der Waals surface area contributed by atoms with Gasteiger partial charge in [0.15, 0.2) is 6.10 Å². The Morgan fingerprint density at radius 2 is 1.67 bits per heavy atom. The molecule has 0 aromatic rings. The van der Waals surface area contributed by atoms with Crippen LogP contribution in [-0.4, -0.2) is 55.3 Å². The molecule has 0 saturated heterocycles. The minimum absolute atomic E-state index is 0.130. The number of carboxylic acids is 1. The van der Waals surface area contributed by atoms with E-state index in [0.717, 1.165) is 12.8 Å². The lowest BCUT2D eigenvalue weighted by atomic mass is 9.97. The summed E-state index contributed by atoms with van der Waals surface area (Å²) in [6.45, 7) is 4.96. The number of carbonyl (C=O) groups excluding carboxylic acids is 1. The van der Waals surface area contributed by atoms with Crippen LogP contribution in [0.1, 0.15) is 71.6 Å². The van der Waals surface area contributed by atoms with Crippen LogP contribution >= 0.6 is 0 Å². The summed E-state index contributed by atoms with van der Waals surface area (Å²) in [5.74, 6) is -0.564. The number of carbonyl (C=O) groups is 2. The molecule has 1 N–H and O–H groups in total. The third-order valence-electron chi connectivity index (χ3n) is 4.08. The van der Waals surface area contributed by atoms with Crippen LogP contribution in [-0.2, 0) is 14.3 Å². The molecule has 0 spiro atoms. The first-order chi connectivity index (χ1) is 11.1. The minimum atomic E-state index is -0.929. The van der Waals surface area contributed by atoms with Gasteiger partial charge in [0, 0.05) is 6.42 Å². The van der Waals surface area contributed by atoms with Gasteiger partial charge in [0.05, 0.1) is 27.6 Å². The first-order valence-electron chi connectivity index (χ1n) is 9.35. The molecular weight excluding hydrogens is 306 g/mol. The molecule has 0 aromatic heterocycles. The van der Waals surface area contributed by atoms with Crippen molar-refractivity contribution >= 4 is 11.9 Å². The van der Waals surface area contributed by atoms with E-state index in [-0.39, 0.29) is 12.4 Å². The lowest BCUT2D eigenvalue weighted by Crippen LogP contribution is -2.43. The average Bonchev–Trinajstić information content (AvgIpc) is 2.40. The number of quaternary nitrogens is 1. The quantitative estimate of drug-likeness (QED) is 0.295. The zero-order chi connectivity index (χ0) is 18.6. The number of rotatable bonds is 14. The van der Waals surface area contributed by atoms with Crippen molar-refractivity contribution in [3.05, 3.63) is 0 Å². The number of unbranched alkanes of at least 4 members (excludes halogenated alkanes) is 3. The Morgan fingerprint density at radius 1 is 1.04 bits per heavy atom. The van der Waals surface area contributed by atoms with Crippen molar-refractivity contribution in [2.24, 2.45) is 5.92 Å². The lowest BCUT2D eigenvalue weighted by Gasteiger charge is -2.28. The number of hydrogen-bond donors (Lipinski definition) is 1. The fraction of sp³-hybridized carbons (Fsp3) is 0.895. The van der Waals surface area contributed by atoms with Crippen molar-refractivity contribution in [2.45, 2.75) is 77.7 Å². The number of nitrogens with zero attached hydrogens (tertiary/aromatic N) is 1. The van der Waals surface area contributed by atoms with Crippen LogP contribution in [0.2, 0.25) is 0 Å². The van der Waals surface area contributed by atoms with E-state index in [9.17, 15) is 9.59 Å². The molecular formula is C19H38NO4+. The van der Waals surface area contributed by atoms with Gasteiger partial charge >= 0.3 is 11.9 Å². The molecule has 0 bridgehead atoms. The molecule has 2 unspecified atom stereocenters. The van der Waals surface area contributed by atoms with Crippen LogP contribution in [0.4, 0.5) is 0 Å².